The smallest absolute Gasteiger partial charge is 0.0265 e. The van der Waals surface area contributed by atoms with Gasteiger partial charge in [-0.15, -0.1) is 0 Å². The van der Waals surface area contributed by atoms with Crippen LogP contribution in [-0.4, -0.2) is 0 Å². The van der Waals surface area contributed by atoms with E-state index in [-0.39, 0.29) is 0 Å². The van der Waals surface area contributed by atoms with Gasteiger partial charge in [-0.3, -0.25) is 0 Å². The highest BCUT2D eigenvalue weighted by Gasteiger charge is 1.91. The second kappa shape index (κ2) is 7.15. The van der Waals surface area contributed by atoms with E-state index < -0.39 is 0 Å². The van der Waals surface area contributed by atoms with Gasteiger partial charge in [0.15, 0.2) is 0 Å². The van der Waals surface area contributed by atoms with Crippen molar-refractivity contribution < 1.29 is 0 Å². The van der Waals surface area contributed by atoms with Gasteiger partial charge in [0.05, 0.1) is 0 Å². The molecule has 0 saturated carbocycles. The normalized spacial score (nSPS) is 13.6. The highest BCUT2D eigenvalue weighted by Crippen LogP contribution is 2.08. The average molecular weight is 166 g/mol. The van der Waals surface area contributed by atoms with Gasteiger partial charge >= 0.3 is 0 Å². The first-order valence-electron chi connectivity index (χ1n) is 5.04. The standard InChI is InChI=1S/C12H22/c1-5-11(3)9-7-8-10-12(4)6-2/h8,10,12H,3,5-7,9H2,1-2,4H3. The van der Waals surface area contributed by atoms with Crippen LogP contribution in [0.1, 0.15) is 46.5 Å². The van der Waals surface area contributed by atoms with Crippen LogP contribution in [0.3, 0.4) is 0 Å². The van der Waals surface area contributed by atoms with Crippen LogP contribution in [0, 0.1) is 5.92 Å². The summed E-state index contributed by atoms with van der Waals surface area (Å²) in [6, 6.07) is 0. The van der Waals surface area contributed by atoms with Crippen LogP contribution in [0.15, 0.2) is 24.3 Å². The Morgan fingerprint density at radius 1 is 1.42 bits per heavy atom. The molecule has 0 aliphatic heterocycles. The van der Waals surface area contributed by atoms with E-state index in [0.29, 0.717) is 0 Å². The first-order chi connectivity index (χ1) is 5.70. The molecule has 0 aromatic carbocycles. The van der Waals surface area contributed by atoms with Crippen molar-refractivity contribution in [1.82, 2.24) is 0 Å². The zero-order valence-electron chi connectivity index (χ0n) is 8.77. The largest absolute Gasteiger partial charge is 0.0999 e. The molecule has 0 heteroatoms. The van der Waals surface area contributed by atoms with E-state index in [1.165, 1.54) is 12.0 Å². The van der Waals surface area contributed by atoms with E-state index in [9.17, 15) is 0 Å². The minimum Gasteiger partial charge on any atom is -0.0999 e. The Morgan fingerprint density at radius 2 is 2.08 bits per heavy atom. The van der Waals surface area contributed by atoms with Gasteiger partial charge in [-0.1, -0.05) is 51.5 Å². The van der Waals surface area contributed by atoms with Crippen molar-refractivity contribution >= 4 is 0 Å². The van der Waals surface area contributed by atoms with Crippen molar-refractivity contribution in [2.24, 2.45) is 5.92 Å². The van der Waals surface area contributed by atoms with E-state index in [1.807, 2.05) is 0 Å². The van der Waals surface area contributed by atoms with Gasteiger partial charge in [-0.05, 0) is 25.2 Å². The zero-order chi connectivity index (χ0) is 9.40. The third-order valence-corrected chi connectivity index (χ3v) is 2.27. The summed E-state index contributed by atoms with van der Waals surface area (Å²) in [4.78, 5) is 0. The van der Waals surface area contributed by atoms with Crippen LogP contribution in [-0.2, 0) is 0 Å². The lowest BCUT2D eigenvalue weighted by molar-refractivity contribution is 0.694. The summed E-state index contributed by atoms with van der Waals surface area (Å²) in [6.07, 6.45) is 9.28. The number of hydrogen-bond acceptors (Lipinski definition) is 0. The maximum atomic E-state index is 3.98. The summed E-state index contributed by atoms with van der Waals surface area (Å²) < 4.78 is 0. The number of hydrogen-bond donors (Lipinski definition) is 0. The molecule has 0 radical (unpaired) electrons. The Morgan fingerprint density at radius 3 is 2.58 bits per heavy atom. The number of rotatable bonds is 6. The quantitative estimate of drug-likeness (QED) is 0.515. The molecule has 0 spiro atoms. The predicted octanol–water partition coefficient (Wildman–Crippen LogP) is 4.34. The minimum atomic E-state index is 0.736. The Labute approximate surface area is 77.4 Å². The number of allylic oxidation sites excluding steroid dienone is 3. The lowest BCUT2D eigenvalue weighted by atomic mass is 10.1. The molecule has 0 bridgehead atoms. The van der Waals surface area contributed by atoms with Crippen molar-refractivity contribution in [1.29, 1.82) is 0 Å². The summed E-state index contributed by atoms with van der Waals surface area (Å²) in [5.41, 5.74) is 1.36. The summed E-state index contributed by atoms with van der Waals surface area (Å²) in [5.74, 6) is 0.736. The first kappa shape index (κ1) is 11.5. The van der Waals surface area contributed by atoms with Gasteiger partial charge in [-0.25, -0.2) is 0 Å². The molecule has 0 saturated heterocycles. The van der Waals surface area contributed by atoms with E-state index in [2.05, 4.69) is 39.5 Å². The van der Waals surface area contributed by atoms with Crippen molar-refractivity contribution in [3.8, 4) is 0 Å². The predicted molar refractivity (Wildman–Crippen MR) is 57.3 cm³/mol. The molecular formula is C12H22. The second-order valence-electron chi connectivity index (χ2n) is 3.46. The van der Waals surface area contributed by atoms with Gasteiger partial charge in [0.1, 0.15) is 0 Å². The highest BCUT2D eigenvalue weighted by atomic mass is 14.0. The molecule has 0 aromatic rings. The summed E-state index contributed by atoms with van der Waals surface area (Å²) in [6.45, 7) is 10.6. The highest BCUT2D eigenvalue weighted by molar-refractivity contribution is 4.96. The molecule has 1 atom stereocenters. The van der Waals surface area contributed by atoms with Crippen LogP contribution >= 0.6 is 0 Å². The molecule has 0 aliphatic rings. The molecule has 0 aromatic heterocycles. The SMILES string of the molecule is C=C(CC)CCC=CC(C)CC. The fourth-order valence-electron chi connectivity index (χ4n) is 0.929. The molecule has 0 rings (SSSR count). The molecule has 0 heterocycles. The van der Waals surface area contributed by atoms with Crippen molar-refractivity contribution in [2.45, 2.75) is 46.5 Å². The van der Waals surface area contributed by atoms with E-state index in [1.54, 1.807) is 0 Å². The molecule has 0 nitrogen and oxygen atoms in total. The van der Waals surface area contributed by atoms with Crippen LogP contribution in [0.25, 0.3) is 0 Å². The van der Waals surface area contributed by atoms with Gasteiger partial charge < -0.3 is 0 Å². The van der Waals surface area contributed by atoms with Crippen molar-refractivity contribution in [3.63, 3.8) is 0 Å². The van der Waals surface area contributed by atoms with Crippen LogP contribution in [0.4, 0.5) is 0 Å². The van der Waals surface area contributed by atoms with Crippen molar-refractivity contribution in [2.75, 3.05) is 0 Å². The topological polar surface area (TPSA) is 0 Å². The van der Waals surface area contributed by atoms with Crippen molar-refractivity contribution in [3.05, 3.63) is 24.3 Å². The molecule has 0 aliphatic carbocycles. The van der Waals surface area contributed by atoms with E-state index >= 15 is 0 Å². The molecule has 0 amide bonds. The zero-order valence-corrected chi connectivity index (χ0v) is 8.77. The molecule has 12 heavy (non-hydrogen) atoms. The van der Waals surface area contributed by atoms with Gasteiger partial charge in [0.2, 0.25) is 0 Å². The van der Waals surface area contributed by atoms with Crippen LogP contribution in [0.5, 0.6) is 0 Å². The van der Waals surface area contributed by atoms with E-state index in [0.717, 1.165) is 25.2 Å². The molecule has 0 fully saturated rings. The fourth-order valence-corrected chi connectivity index (χ4v) is 0.929. The summed E-state index contributed by atoms with van der Waals surface area (Å²) in [5, 5.41) is 0. The van der Waals surface area contributed by atoms with Gasteiger partial charge in [0, 0.05) is 0 Å². The van der Waals surface area contributed by atoms with Gasteiger partial charge in [-0.2, -0.15) is 0 Å². The molecular weight excluding hydrogens is 144 g/mol. The average Bonchev–Trinajstić information content (AvgIpc) is 2.11. The van der Waals surface area contributed by atoms with Gasteiger partial charge in [0.25, 0.3) is 0 Å². The second-order valence-corrected chi connectivity index (χ2v) is 3.46. The lowest BCUT2D eigenvalue weighted by Gasteiger charge is -2.00. The Balaban J connectivity index is 3.42. The molecule has 1 unspecified atom stereocenters. The maximum Gasteiger partial charge on any atom is -0.0265 e. The third kappa shape index (κ3) is 6.21. The van der Waals surface area contributed by atoms with Crippen LogP contribution < -0.4 is 0 Å². The fraction of sp³-hybridized carbons (Fsp3) is 0.667. The summed E-state index contributed by atoms with van der Waals surface area (Å²) in [7, 11) is 0. The van der Waals surface area contributed by atoms with Crippen LogP contribution in [0.2, 0.25) is 0 Å². The lowest BCUT2D eigenvalue weighted by Crippen LogP contribution is -1.84. The Kier molecular flexibility index (Phi) is 6.84. The minimum absolute atomic E-state index is 0.736. The Bertz CT molecular complexity index is 142. The first-order valence-corrected chi connectivity index (χ1v) is 5.04. The third-order valence-electron chi connectivity index (χ3n) is 2.27. The monoisotopic (exact) mass is 166 g/mol. The summed E-state index contributed by atoms with van der Waals surface area (Å²) >= 11 is 0. The molecule has 70 valence electrons. The Hall–Kier alpha value is -0.520. The van der Waals surface area contributed by atoms with E-state index in [4.69, 9.17) is 0 Å². The maximum absolute atomic E-state index is 3.98. The molecule has 0 N–H and O–H groups in total.